The molecule has 3 aliphatic rings. The van der Waals surface area contributed by atoms with Gasteiger partial charge in [-0.25, -0.2) is 18.7 Å². The zero-order valence-corrected chi connectivity index (χ0v) is 34.0. The number of para-hydroxylation sites is 1. The molecule has 0 unspecified atom stereocenters. The predicted octanol–water partition coefficient (Wildman–Crippen LogP) is 4.36. The Kier molecular flexibility index (Phi) is 11.5. The second-order valence-electron chi connectivity index (χ2n) is 16.8. The van der Waals surface area contributed by atoms with Gasteiger partial charge in [-0.3, -0.25) is 14.4 Å². The largest absolute Gasteiger partial charge is 0.488 e. The smallest absolute Gasteiger partial charge is 0.362 e. The Morgan fingerprint density at radius 2 is 1.78 bits per heavy atom. The lowest BCUT2D eigenvalue weighted by Crippen LogP contribution is -2.61. The fraction of sp³-hybridized carbons (Fsp3) is 0.649. The number of hydrogen-bond donors (Lipinski definition) is 4. The Balaban J connectivity index is 1.47. The number of carbonyl (C=O) groups is 4. The van der Waals surface area contributed by atoms with E-state index in [0.29, 0.717) is 47.5 Å². The molecule has 5 rings (SSSR count). The molecule has 15 nitrogen and oxygen atoms in total. The van der Waals surface area contributed by atoms with Gasteiger partial charge in [-0.2, -0.15) is 8.42 Å². The number of hydrogen-bond acceptors (Lipinski definition) is 10. The van der Waals surface area contributed by atoms with Gasteiger partial charge in [0.25, 0.3) is 5.91 Å². The molecule has 0 bridgehead atoms. The summed E-state index contributed by atoms with van der Waals surface area (Å²) in [6.07, 6.45) is 1.00. The van der Waals surface area contributed by atoms with Crippen LogP contribution in [-0.2, 0) is 28.9 Å². The molecule has 298 valence electrons. The summed E-state index contributed by atoms with van der Waals surface area (Å²) in [5.74, 6) is -1.83. The number of likely N-dealkylation sites (tertiary alicyclic amines) is 1. The molecule has 3 fully saturated rings. The molecule has 1 aromatic heterocycles. The van der Waals surface area contributed by atoms with Gasteiger partial charge in [-0.05, 0) is 77.3 Å². The van der Waals surface area contributed by atoms with Gasteiger partial charge in [0.05, 0.1) is 29.3 Å². The summed E-state index contributed by atoms with van der Waals surface area (Å²) in [6, 6.07) is 4.06. The van der Waals surface area contributed by atoms with Gasteiger partial charge < -0.3 is 30.3 Å². The minimum absolute atomic E-state index is 0.00519. The van der Waals surface area contributed by atoms with Crippen LogP contribution in [-0.4, -0.2) is 90.1 Å². The number of aromatic nitrogens is 1. The Morgan fingerprint density at radius 3 is 2.35 bits per heavy atom. The number of amides is 5. The highest BCUT2D eigenvalue weighted by Crippen LogP contribution is 2.47. The van der Waals surface area contributed by atoms with Crippen LogP contribution < -0.4 is 30.1 Å². The van der Waals surface area contributed by atoms with E-state index in [4.69, 9.17) is 25.3 Å². The van der Waals surface area contributed by atoms with Crippen molar-refractivity contribution in [3.63, 3.8) is 0 Å². The first kappa shape index (κ1) is 41.3. The van der Waals surface area contributed by atoms with Crippen LogP contribution in [0.3, 0.4) is 0 Å². The van der Waals surface area contributed by atoms with Crippen molar-refractivity contribution in [1.82, 2.24) is 30.6 Å². The van der Waals surface area contributed by atoms with Gasteiger partial charge in [-0.15, -0.1) is 0 Å². The molecule has 1 saturated heterocycles. The van der Waals surface area contributed by atoms with E-state index in [0.717, 1.165) is 0 Å². The third kappa shape index (κ3) is 9.48. The van der Waals surface area contributed by atoms with Crippen molar-refractivity contribution in [3.8, 4) is 11.6 Å². The van der Waals surface area contributed by atoms with Crippen LogP contribution in [0, 0.1) is 11.3 Å². The van der Waals surface area contributed by atoms with Gasteiger partial charge in [0.2, 0.25) is 17.7 Å². The fourth-order valence-corrected chi connectivity index (χ4v) is 8.08. The Labute approximate surface area is 322 Å². The third-order valence-corrected chi connectivity index (χ3v) is 11.2. The molecule has 4 N–H and O–H groups in total. The molecule has 2 aromatic rings. The number of halogens is 1. The lowest BCUT2D eigenvalue weighted by atomic mass is 9.85. The molecule has 17 heteroatoms. The molecule has 2 saturated carbocycles. The van der Waals surface area contributed by atoms with Crippen LogP contribution in [0.1, 0.15) is 94.4 Å². The normalized spacial score (nSPS) is 24.0. The number of carbonyl (C=O) groups excluding carboxylic acids is 4. The molecule has 54 heavy (non-hydrogen) atoms. The summed E-state index contributed by atoms with van der Waals surface area (Å²) in [4.78, 5) is 61.6. The van der Waals surface area contributed by atoms with Crippen molar-refractivity contribution < 1.29 is 41.3 Å². The van der Waals surface area contributed by atoms with Crippen LogP contribution in [0.25, 0.3) is 10.9 Å². The highest BCUT2D eigenvalue weighted by atomic mass is 35.5. The average molecular weight is 793 g/mol. The summed E-state index contributed by atoms with van der Waals surface area (Å²) in [7, 11) is -4.46. The maximum Gasteiger partial charge on any atom is 0.362 e. The van der Waals surface area contributed by atoms with E-state index in [1.807, 2.05) is 39.3 Å². The minimum Gasteiger partial charge on any atom is -0.488 e. The summed E-state index contributed by atoms with van der Waals surface area (Å²) in [6.45, 7) is 16.4. The predicted molar refractivity (Wildman–Crippen MR) is 202 cm³/mol. The number of benzene rings is 1. The average Bonchev–Trinajstić information content (AvgIpc) is 3.91. The maximum absolute atomic E-state index is 14.6. The number of ether oxygens (including phenoxy) is 2. The van der Waals surface area contributed by atoms with E-state index >= 15 is 0 Å². The number of fused-ring (bicyclic) bond motifs is 1. The van der Waals surface area contributed by atoms with E-state index in [2.05, 4.69) is 20.9 Å². The number of nitrogens with one attached hydrogen (secondary N) is 4. The van der Waals surface area contributed by atoms with Gasteiger partial charge in [0, 0.05) is 23.4 Å². The Hall–Kier alpha value is -3.89. The van der Waals surface area contributed by atoms with Gasteiger partial charge in [0.1, 0.15) is 29.5 Å². The molecular weight excluding hydrogens is 740 g/mol. The topological polar surface area (TPSA) is 194 Å². The molecule has 0 radical (unpaired) electrons. The Morgan fingerprint density at radius 1 is 1.09 bits per heavy atom. The van der Waals surface area contributed by atoms with Gasteiger partial charge >= 0.3 is 16.3 Å². The quantitative estimate of drug-likeness (QED) is 0.226. The second-order valence-corrected chi connectivity index (χ2v) is 18.5. The lowest BCUT2D eigenvalue weighted by Gasteiger charge is -2.36. The summed E-state index contributed by atoms with van der Waals surface area (Å²) < 4.78 is 45.0. The van der Waals surface area contributed by atoms with E-state index in [1.54, 1.807) is 52.0 Å². The SMILES string of the molecule is CCOc1cc(O[C@@H]2C[C@@H](C(=O)N[C@]3(C(=O)NS(=O)(=O)OC4(C)CC4)C[C@H]3CC)N(C(=O)[C@@H](NC(=O)NC(C)(C)C)C(C)(C)C)C2)c2cccc(Cl)c2n1. The Bertz CT molecular complexity index is 1910. The van der Waals surface area contributed by atoms with Gasteiger partial charge in [0.15, 0.2) is 0 Å². The van der Waals surface area contributed by atoms with E-state index in [1.165, 1.54) is 4.90 Å². The van der Waals surface area contributed by atoms with Gasteiger partial charge in [-0.1, -0.05) is 51.8 Å². The first-order valence-electron chi connectivity index (χ1n) is 18.4. The summed E-state index contributed by atoms with van der Waals surface area (Å²) in [5.41, 5.74) is -3.35. The van der Waals surface area contributed by atoms with E-state index in [9.17, 15) is 27.6 Å². The number of nitrogens with zero attached hydrogens (tertiary/aromatic N) is 2. The molecule has 0 spiro atoms. The van der Waals surface area contributed by atoms with Crippen LogP contribution >= 0.6 is 11.6 Å². The zero-order chi connectivity index (χ0) is 40.0. The number of rotatable bonds is 13. The van der Waals surface area contributed by atoms with Crippen molar-refractivity contribution in [2.45, 2.75) is 129 Å². The van der Waals surface area contributed by atoms with Crippen molar-refractivity contribution in [2.75, 3.05) is 13.2 Å². The molecule has 1 aromatic carbocycles. The maximum atomic E-state index is 14.6. The van der Waals surface area contributed by atoms with Crippen LogP contribution in [0.4, 0.5) is 4.79 Å². The summed E-state index contributed by atoms with van der Waals surface area (Å²) >= 11 is 6.50. The first-order chi connectivity index (χ1) is 25.0. The highest BCUT2D eigenvalue weighted by Gasteiger charge is 2.62. The van der Waals surface area contributed by atoms with Crippen LogP contribution in [0.15, 0.2) is 24.3 Å². The van der Waals surface area contributed by atoms with Crippen molar-refractivity contribution >= 4 is 56.6 Å². The third-order valence-electron chi connectivity index (χ3n) is 9.87. The zero-order valence-electron chi connectivity index (χ0n) is 32.4. The van der Waals surface area contributed by atoms with Crippen molar-refractivity contribution in [1.29, 1.82) is 0 Å². The first-order valence-corrected chi connectivity index (χ1v) is 20.2. The molecule has 5 atom stereocenters. The fourth-order valence-electron chi connectivity index (χ4n) is 6.72. The highest BCUT2D eigenvalue weighted by molar-refractivity contribution is 7.85. The summed E-state index contributed by atoms with van der Waals surface area (Å²) in [5, 5.41) is 9.43. The number of pyridine rings is 1. The molecule has 5 amide bonds. The molecular formula is C37H53ClN6O9S. The standard InChI is InChI=1S/C37H53ClN6O9S/c1-10-21-19-37(21,32(47)43-54(49,50)53-36(9)15-16-36)41-30(45)25-17-22(52-26-18-27(51-11-2)39-28-23(26)13-12-14-24(28)38)20-44(25)31(46)29(34(3,4)5)40-33(48)42-35(6,7)8/h12-14,18,21-22,25,29H,10-11,15-17,19-20H2,1-9H3,(H,41,45)(H,43,47)(H2,40,42,48)/t21-,22-,25+,29-,37-/m1/s1. The second kappa shape index (κ2) is 15.0. The van der Waals surface area contributed by atoms with Crippen LogP contribution in [0.2, 0.25) is 5.02 Å². The molecule has 2 heterocycles. The van der Waals surface area contributed by atoms with E-state index < -0.39 is 74.3 Å². The molecule has 2 aliphatic carbocycles. The monoisotopic (exact) mass is 792 g/mol. The van der Waals surface area contributed by atoms with Crippen molar-refractivity contribution in [2.24, 2.45) is 11.3 Å². The van der Waals surface area contributed by atoms with Crippen molar-refractivity contribution in [3.05, 3.63) is 29.3 Å². The lowest BCUT2D eigenvalue weighted by molar-refractivity contribution is -0.142. The minimum atomic E-state index is -4.46. The van der Waals surface area contributed by atoms with Crippen LogP contribution in [0.5, 0.6) is 11.6 Å². The van der Waals surface area contributed by atoms with E-state index in [-0.39, 0.29) is 31.2 Å². The number of urea groups is 1. The molecule has 1 aliphatic heterocycles.